The van der Waals surface area contributed by atoms with Crippen LogP contribution in [0.4, 0.5) is 0 Å². The van der Waals surface area contributed by atoms with Gasteiger partial charge in [-0.05, 0) is 0 Å². The average molecular weight is 358 g/mol. The fourth-order valence-electron chi connectivity index (χ4n) is 0. The van der Waals surface area contributed by atoms with Gasteiger partial charge in [0.05, 0.1) is 0 Å². The molecule has 0 saturated heterocycles. The van der Waals surface area contributed by atoms with Gasteiger partial charge in [-0.3, -0.25) is 0 Å². The zero-order chi connectivity index (χ0) is 0. The van der Waals surface area contributed by atoms with Gasteiger partial charge in [0, 0.05) is 0 Å². The van der Waals surface area contributed by atoms with E-state index in [9.17, 15) is 0 Å². The van der Waals surface area contributed by atoms with Crippen molar-refractivity contribution in [2.75, 3.05) is 0 Å². The smallest absolute Gasteiger partial charge is 1.00 e. The van der Waals surface area contributed by atoms with Crippen LogP contribution in [0.15, 0.2) is 0 Å². The molecule has 0 spiro atoms. The number of rotatable bonds is 0. The van der Waals surface area contributed by atoms with Crippen LogP contribution in [0.2, 0.25) is 0 Å². The molecular formula is F5LuSr. The van der Waals surface area contributed by atoms with Crippen molar-refractivity contribution in [1.29, 1.82) is 0 Å². The largest absolute Gasteiger partial charge is 3.00 e. The van der Waals surface area contributed by atoms with Crippen LogP contribution >= 0.6 is 0 Å². The minimum Gasteiger partial charge on any atom is -1.00 e. The molecule has 7 heavy (non-hydrogen) atoms. The molecule has 0 amide bonds. The van der Waals surface area contributed by atoms with E-state index in [1.807, 2.05) is 0 Å². The van der Waals surface area contributed by atoms with Gasteiger partial charge in [0.2, 0.25) is 0 Å². The van der Waals surface area contributed by atoms with Crippen molar-refractivity contribution in [1.82, 2.24) is 0 Å². The summed E-state index contributed by atoms with van der Waals surface area (Å²) in [5, 5.41) is 0. The van der Waals surface area contributed by atoms with E-state index in [0.717, 1.165) is 0 Å². The molecule has 0 aromatic carbocycles. The summed E-state index contributed by atoms with van der Waals surface area (Å²) in [5.41, 5.74) is 0. The first-order valence-corrected chi connectivity index (χ1v) is 0. The monoisotopic (exact) mass is 358 g/mol. The second kappa shape index (κ2) is 81.2. The summed E-state index contributed by atoms with van der Waals surface area (Å²) in [6.45, 7) is 0. The zero-order valence-electron chi connectivity index (χ0n) is 2.86. The van der Waals surface area contributed by atoms with Crippen LogP contribution in [-0.4, -0.2) is 45.5 Å². The van der Waals surface area contributed by atoms with Crippen molar-refractivity contribution in [3.05, 3.63) is 0 Å². The van der Waals surface area contributed by atoms with Crippen molar-refractivity contribution < 1.29 is 60.4 Å². The molecule has 52 valence electrons. The molecule has 0 bridgehead atoms. The van der Waals surface area contributed by atoms with E-state index in [1.165, 1.54) is 0 Å². The number of hydrogen-bond acceptors (Lipinski definition) is 0. The first-order valence-electron chi connectivity index (χ1n) is 0. The van der Waals surface area contributed by atoms with Gasteiger partial charge in [0.1, 0.15) is 0 Å². The molecule has 0 fully saturated rings. The first-order chi connectivity index (χ1) is 0. The van der Waals surface area contributed by atoms with Gasteiger partial charge < -0.3 is 23.5 Å². The number of halogens is 5. The molecule has 0 radical (unpaired) electrons. The summed E-state index contributed by atoms with van der Waals surface area (Å²) in [4.78, 5) is 0. The maximum Gasteiger partial charge on any atom is 3.00 e. The molecule has 0 aliphatic heterocycles. The molecule has 0 aromatic rings. The predicted octanol–water partition coefficient (Wildman–Crippen LogP) is -15.4. The van der Waals surface area contributed by atoms with Gasteiger partial charge in [0.25, 0.3) is 0 Å². The molecule has 0 atom stereocenters. The predicted molar refractivity (Wildman–Crippen MR) is 5.75 cm³/mol. The second-order valence-electron chi connectivity index (χ2n) is 0. The van der Waals surface area contributed by atoms with Crippen molar-refractivity contribution in [3.63, 3.8) is 0 Å². The van der Waals surface area contributed by atoms with E-state index < -0.39 is 0 Å². The Balaban J connectivity index is 0. The van der Waals surface area contributed by atoms with Crippen molar-refractivity contribution in [3.8, 4) is 0 Å². The van der Waals surface area contributed by atoms with E-state index in [4.69, 9.17) is 0 Å². The van der Waals surface area contributed by atoms with E-state index in [2.05, 4.69) is 0 Å². The maximum atomic E-state index is 0. The SMILES string of the molecule is [F-].[F-].[F-].[F-].[F-].[Lu+3].[Sr+2]. The Morgan fingerprint density at radius 3 is 0.429 bits per heavy atom. The molecule has 0 aliphatic rings. The zero-order valence-corrected chi connectivity index (χ0v) is 7.99. The van der Waals surface area contributed by atoms with Gasteiger partial charge >= 0.3 is 82.4 Å². The minimum atomic E-state index is 0. The van der Waals surface area contributed by atoms with Crippen LogP contribution < -0.4 is 23.5 Å². The summed E-state index contributed by atoms with van der Waals surface area (Å²) in [6.07, 6.45) is 0. The Hall–Kier alpha value is 2.36. The van der Waals surface area contributed by atoms with E-state index in [-0.39, 0.29) is 106 Å². The van der Waals surface area contributed by atoms with Gasteiger partial charge in [0.15, 0.2) is 0 Å². The van der Waals surface area contributed by atoms with Crippen molar-refractivity contribution in [2.45, 2.75) is 0 Å². The Kier molecular flexibility index (Phi) is 1360. The Labute approximate surface area is 104 Å². The van der Waals surface area contributed by atoms with Crippen LogP contribution in [0.3, 0.4) is 0 Å². The van der Waals surface area contributed by atoms with Crippen LogP contribution in [-0.2, 0) is 0 Å². The van der Waals surface area contributed by atoms with Crippen molar-refractivity contribution >= 4 is 45.5 Å². The van der Waals surface area contributed by atoms with Gasteiger partial charge in [-0.25, -0.2) is 0 Å². The summed E-state index contributed by atoms with van der Waals surface area (Å²) >= 11 is 0. The van der Waals surface area contributed by atoms with Crippen LogP contribution in [0, 0.1) is 36.9 Å². The fourth-order valence-corrected chi connectivity index (χ4v) is 0. The second-order valence-corrected chi connectivity index (χ2v) is 0. The molecule has 0 nitrogen and oxygen atoms in total. The molecule has 0 unspecified atom stereocenters. The van der Waals surface area contributed by atoms with Crippen LogP contribution in [0.5, 0.6) is 0 Å². The Morgan fingerprint density at radius 2 is 0.429 bits per heavy atom. The number of hydrogen-bond donors (Lipinski definition) is 0. The molecule has 0 heterocycles. The quantitative estimate of drug-likeness (QED) is 0.298. The van der Waals surface area contributed by atoms with E-state index in [0.29, 0.717) is 0 Å². The molecule has 0 N–H and O–H groups in total. The minimum absolute atomic E-state index is 0. The molecule has 0 rings (SSSR count). The Bertz CT molecular complexity index is 8.04. The first kappa shape index (κ1) is 117. The molecule has 0 aromatic heterocycles. The third-order valence-electron chi connectivity index (χ3n) is 0. The third kappa shape index (κ3) is 60.6. The van der Waals surface area contributed by atoms with Crippen LogP contribution in [0.1, 0.15) is 0 Å². The van der Waals surface area contributed by atoms with Gasteiger partial charge in [-0.2, -0.15) is 0 Å². The average Bonchev–Trinajstić information content (AvgIpc) is 0. The fraction of sp³-hybridized carbons (Fsp3) is 0. The maximum absolute atomic E-state index is 0. The van der Waals surface area contributed by atoms with Crippen molar-refractivity contribution in [2.24, 2.45) is 0 Å². The third-order valence-corrected chi connectivity index (χ3v) is 0. The Morgan fingerprint density at radius 1 is 0.429 bits per heavy atom. The summed E-state index contributed by atoms with van der Waals surface area (Å²) in [5.74, 6) is 0. The van der Waals surface area contributed by atoms with E-state index in [1.54, 1.807) is 0 Å². The summed E-state index contributed by atoms with van der Waals surface area (Å²) < 4.78 is 0. The molecule has 0 aliphatic carbocycles. The molecular weight excluding hydrogens is 358 g/mol. The van der Waals surface area contributed by atoms with Gasteiger partial charge in [-0.15, -0.1) is 0 Å². The standard InChI is InChI=1S/5FH.Lu.Sr/h5*1H;;/q;;;;;+3;+2/p-5. The summed E-state index contributed by atoms with van der Waals surface area (Å²) in [6, 6.07) is 0. The van der Waals surface area contributed by atoms with E-state index >= 15 is 0 Å². The summed E-state index contributed by atoms with van der Waals surface area (Å²) in [7, 11) is 0. The van der Waals surface area contributed by atoms with Crippen LogP contribution in [0.25, 0.3) is 0 Å². The molecule has 7 heteroatoms. The van der Waals surface area contributed by atoms with Gasteiger partial charge in [-0.1, -0.05) is 0 Å². The topological polar surface area (TPSA) is 0 Å². The normalized spacial score (nSPS) is 0. The molecule has 0 saturated carbocycles.